The third kappa shape index (κ3) is 2.38. The first-order valence-corrected chi connectivity index (χ1v) is 6.32. The second-order valence-electron chi connectivity index (χ2n) is 5.35. The molecule has 0 aromatic heterocycles. The van der Waals surface area contributed by atoms with E-state index >= 15 is 0 Å². The zero-order chi connectivity index (χ0) is 11.6. The van der Waals surface area contributed by atoms with E-state index in [-0.39, 0.29) is 0 Å². The van der Waals surface area contributed by atoms with E-state index in [4.69, 9.17) is 0 Å². The number of aliphatic carboxylic acids is 1. The van der Waals surface area contributed by atoms with Crippen LogP contribution in [0.4, 0.5) is 0 Å². The first-order valence-electron chi connectivity index (χ1n) is 6.32. The van der Waals surface area contributed by atoms with Gasteiger partial charge in [-0.1, -0.05) is 12.8 Å². The molecule has 4 nitrogen and oxygen atoms in total. The van der Waals surface area contributed by atoms with E-state index < -0.39 is 11.5 Å². The van der Waals surface area contributed by atoms with Gasteiger partial charge in [-0.15, -0.1) is 0 Å². The molecule has 1 unspecified atom stereocenters. The van der Waals surface area contributed by atoms with Gasteiger partial charge in [0.15, 0.2) is 0 Å². The van der Waals surface area contributed by atoms with Gasteiger partial charge in [0.2, 0.25) is 0 Å². The van der Waals surface area contributed by atoms with Crippen molar-refractivity contribution in [3.8, 4) is 0 Å². The fourth-order valence-electron chi connectivity index (χ4n) is 3.08. The van der Waals surface area contributed by atoms with Crippen LogP contribution in [-0.2, 0) is 4.79 Å². The van der Waals surface area contributed by atoms with E-state index in [1.54, 1.807) is 0 Å². The van der Waals surface area contributed by atoms with E-state index in [9.17, 15) is 9.90 Å². The molecule has 0 aromatic rings. The van der Waals surface area contributed by atoms with Crippen molar-refractivity contribution in [2.45, 2.75) is 50.1 Å². The Morgan fingerprint density at radius 2 is 2.06 bits per heavy atom. The number of nitrogens with one attached hydrogen (secondary N) is 1. The smallest absolute Gasteiger partial charge is 0.325 e. The predicted molar refractivity (Wildman–Crippen MR) is 62.5 cm³/mol. The molecule has 1 atom stereocenters. The fraction of sp³-hybridized carbons (Fsp3) is 0.917. The van der Waals surface area contributed by atoms with Gasteiger partial charge in [0, 0.05) is 12.6 Å². The molecular formula is C12H22N2O2. The molecule has 1 aliphatic heterocycles. The van der Waals surface area contributed by atoms with Crippen molar-refractivity contribution < 1.29 is 9.90 Å². The van der Waals surface area contributed by atoms with Gasteiger partial charge in [0.1, 0.15) is 5.54 Å². The third-order valence-corrected chi connectivity index (χ3v) is 3.93. The summed E-state index contributed by atoms with van der Waals surface area (Å²) in [6, 6.07) is 0.419. The normalized spacial score (nSPS) is 33.1. The molecule has 0 amide bonds. The van der Waals surface area contributed by atoms with Crippen LogP contribution in [0.5, 0.6) is 0 Å². The predicted octanol–water partition coefficient (Wildman–Crippen LogP) is 1.07. The van der Waals surface area contributed by atoms with Crippen molar-refractivity contribution in [1.29, 1.82) is 0 Å². The Bertz CT molecular complexity index is 264. The van der Waals surface area contributed by atoms with E-state index in [0.717, 1.165) is 32.2 Å². The topological polar surface area (TPSA) is 52.6 Å². The largest absolute Gasteiger partial charge is 0.480 e. The van der Waals surface area contributed by atoms with Gasteiger partial charge in [0.05, 0.1) is 0 Å². The molecule has 0 spiro atoms. The van der Waals surface area contributed by atoms with Crippen molar-refractivity contribution in [3.63, 3.8) is 0 Å². The summed E-state index contributed by atoms with van der Waals surface area (Å²) in [4.78, 5) is 13.6. The second-order valence-corrected chi connectivity index (χ2v) is 5.35. The third-order valence-electron chi connectivity index (χ3n) is 3.93. The molecular weight excluding hydrogens is 204 g/mol. The van der Waals surface area contributed by atoms with E-state index in [1.165, 1.54) is 12.8 Å². The maximum absolute atomic E-state index is 11.5. The number of rotatable bonds is 3. The summed E-state index contributed by atoms with van der Waals surface area (Å²) in [7, 11) is 2.01. The summed E-state index contributed by atoms with van der Waals surface area (Å²) in [5, 5.41) is 12.9. The highest BCUT2D eigenvalue weighted by Gasteiger charge is 2.43. The van der Waals surface area contributed by atoms with Crippen molar-refractivity contribution in [2.75, 3.05) is 20.1 Å². The Balaban J connectivity index is 2.04. The van der Waals surface area contributed by atoms with Crippen LogP contribution >= 0.6 is 0 Å². The molecule has 1 saturated carbocycles. The van der Waals surface area contributed by atoms with Crippen LogP contribution in [0.3, 0.4) is 0 Å². The van der Waals surface area contributed by atoms with Crippen molar-refractivity contribution in [2.24, 2.45) is 0 Å². The number of hydrogen-bond donors (Lipinski definition) is 2. The molecule has 1 heterocycles. The summed E-state index contributed by atoms with van der Waals surface area (Å²) in [5.74, 6) is -0.675. The van der Waals surface area contributed by atoms with Gasteiger partial charge in [-0.25, -0.2) is 0 Å². The molecule has 16 heavy (non-hydrogen) atoms. The number of nitrogens with zero attached hydrogens (tertiary/aromatic N) is 1. The molecule has 2 fully saturated rings. The quantitative estimate of drug-likeness (QED) is 0.756. The molecule has 0 bridgehead atoms. The van der Waals surface area contributed by atoms with Crippen LogP contribution < -0.4 is 5.32 Å². The SMILES string of the molecule is CN1CCCC(NC2CCCC2)(C(=O)O)C1. The van der Waals surface area contributed by atoms with Gasteiger partial charge in [-0.05, 0) is 39.3 Å². The first-order chi connectivity index (χ1) is 7.62. The number of carbonyl (C=O) groups is 1. The molecule has 1 saturated heterocycles. The molecule has 2 aliphatic rings. The summed E-state index contributed by atoms with van der Waals surface area (Å²) >= 11 is 0. The minimum atomic E-state index is -0.692. The van der Waals surface area contributed by atoms with Gasteiger partial charge in [-0.3, -0.25) is 10.1 Å². The minimum absolute atomic E-state index is 0.419. The average Bonchev–Trinajstić information content (AvgIpc) is 2.70. The summed E-state index contributed by atoms with van der Waals surface area (Å²) < 4.78 is 0. The summed E-state index contributed by atoms with van der Waals surface area (Å²) in [6.07, 6.45) is 6.50. The molecule has 4 heteroatoms. The highest BCUT2D eigenvalue weighted by Crippen LogP contribution is 2.26. The van der Waals surface area contributed by atoms with Gasteiger partial charge >= 0.3 is 5.97 Å². The van der Waals surface area contributed by atoms with Crippen molar-refractivity contribution >= 4 is 5.97 Å². The molecule has 0 radical (unpaired) electrons. The lowest BCUT2D eigenvalue weighted by Gasteiger charge is -2.40. The lowest BCUT2D eigenvalue weighted by Crippen LogP contribution is -2.63. The number of likely N-dealkylation sites (tertiary alicyclic amines) is 1. The molecule has 1 aliphatic carbocycles. The Hall–Kier alpha value is -0.610. The van der Waals surface area contributed by atoms with Gasteiger partial charge in [0.25, 0.3) is 0 Å². The van der Waals surface area contributed by atoms with E-state index in [2.05, 4.69) is 10.2 Å². The monoisotopic (exact) mass is 226 g/mol. The van der Waals surface area contributed by atoms with Crippen LogP contribution in [0.15, 0.2) is 0 Å². The van der Waals surface area contributed by atoms with Crippen LogP contribution in [0.25, 0.3) is 0 Å². The number of piperidine rings is 1. The zero-order valence-corrected chi connectivity index (χ0v) is 10.0. The molecule has 0 aromatic carbocycles. The minimum Gasteiger partial charge on any atom is -0.480 e. The Labute approximate surface area is 97.0 Å². The lowest BCUT2D eigenvalue weighted by molar-refractivity contribution is -0.147. The number of carboxylic acid groups (broad SMARTS) is 1. The molecule has 92 valence electrons. The van der Waals surface area contributed by atoms with Crippen LogP contribution in [-0.4, -0.2) is 47.7 Å². The zero-order valence-electron chi connectivity index (χ0n) is 10.0. The lowest BCUT2D eigenvalue weighted by atomic mass is 9.88. The van der Waals surface area contributed by atoms with Crippen LogP contribution in [0.2, 0.25) is 0 Å². The Morgan fingerprint density at radius 3 is 2.62 bits per heavy atom. The first kappa shape index (κ1) is 11.9. The maximum atomic E-state index is 11.5. The number of likely N-dealkylation sites (N-methyl/N-ethyl adjacent to an activating group) is 1. The van der Waals surface area contributed by atoms with Crippen LogP contribution in [0.1, 0.15) is 38.5 Å². The fourth-order valence-corrected chi connectivity index (χ4v) is 3.08. The highest BCUT2D eigenvalue weighted by molar-refractivity contribution is 5.79. The van der Waals surface area contributed by atoms with E-state index in [0.29, 0.717) is 12.6 Å². The Kier molecular flexibility index (Phi) is 3.50. The highest BCUT2D eigenvalue weighted by atomic mass is 16.4. The maximum Gasteiger partial charge on any atom is 0.325 e. The molecule has 2 rings (SSSR count). The average molecular weight is 226 g/mol. The van der Waals surface area contributed by atoms with Crippen molar-refractivity contribution in [1.82, 2.24) is 10.2 Å². The number of hydrogen-bond acceptors (Lipinski definition) is 3. The molecule has 2 N–H and O–H groups in total. The van der Waals surface area contributed by atoms with Crippen molar-refractivity contribution in [3.05, 3.63) is 0 Å². The van der Waals surface area contributed by atoms with Gasteiger partial charge in [-0.2, -0.15) is 0 Å². The summed E-state index contributed by atoms with van der Waals surface area (Å²) in [5.41, 5.74) is -0.692. The van der Waals surface area contributed by atoms with Crippen LogP contribution in [0, 0.1) is 0 Å². The van der Waals surface area contributed by atoms with Gasteiger partial charge < -0.3 is 10.0 Å². The second kappa shape index (κ2) is 4.72. The van der Waals surface area contributed by atoms with E-state index in [1.807, 2.05) is 7.05 Å². The standard InChI is InChI=1S/C12H22N2O2/c1-14-8-4-7-12(9-14,11(15)16)13-10-5-2-3-6-10/h10,13H,2-9H2,1H3,(H,15,16). The Morgan fingerprint density at radius 1 is 1.38 bits per heavy atom. The number of carboxylic acids is 1. The summed E-state index contributed by atoms with van der Waals surface area (Å²) in [6.45, 7) is 1.65.